The van der Waals surface area contributed by atoms with Crippen LogP contribution < -0.4 is 0 Å². The van der Waals surface area contributed by atoms with Gasteiger partial charge in [-0.25, -0.2) is 0 Å². The third-order valence-corrected chi connectivity index (χ3v) is 4.62. The molecule has 0 spiro atoms. The largest absolute Gasteiger partial charge is 0.292 e. The molecular formula is C17H37N2Si. The van der Waals surface area contributed by atoms with E-state index in [1.807, 2.05) is 0 Å². The fraction of sp³-hybridized carbons (Fsp3) is 1.00. The van der Waals surface area contributed by atoms with E-state index < -0.39 is 0 Å². The van der Waals surface area contributed by atoms with Gasteiger partial charge >= 0.3 is 0 Å². The van der Waals surface area contributed by atoms with Crippen LogP contribution in [-0.2, 0) is 0 Å². The Morgan fingerprint density at radius 3 is 1.05 bits per heavy atom. The van der Waals surface area contributed by atoms with Crippen molar-refractivity contribution in [2.24, 2.45) is 0 Å². The summed E-state index contributed by atoms with van der Waals surface area (Å²) in [6.45, 7) is 14.0. The first-order chi connectivity index (χ1) is 9.71. The van der Waals surface area contributed by atoms with Crippen molar-refractivity contribution >= 4 is 10.2 Å². The number of rotatable bonds is 14. The average molecular weight is 298 g/mol. The molecule has 0 aromatic carbocycles. The highest BCUT2D eigenvalue weighted by Gasteiger charge is 2.19. The molecule has 0 fully saturated rings. The zero-order valence-electron chi connectivity index (χ0n) is 14.5. The Balaban J connectivity index is 4.49. The molecule has 0 N–H and O–H groups in total. The molecule has 0 bridgehead atoms. The van der Waals surface area contributed by atoms with Gasteiger partial charge in [0, 0.05) is 5.79 Å². The lowest BCUT2D eigenvalue weighted by molar-refractivity contribution is 0.0927. The predicted octanol–water partition coefficient (Wildman–Crippen LogP) is 4.24. The van der Waals surface area contributed by atoms with Crippen LogP contribution in [0.5, 0.6) is 0 Å². The lowest BCUT2D eigenvalue weighted by Crippen LogP contribution is -2.50. The van der Waals surface area contributed by atoms with Crippen LogP contribution in [0.25, 0.3) is 0 Å². The molecule has 3 radical (unpaired) electrons. The lowest BCUT2D eigenvalue weighted by atomic mass is 10.2. The third kappa shape index (κ3) is 9.14. The third-order valence-electron chi connectivity index (χ3n) is 3.89. The molecule has 0 unspecified atom stereocenters. The van der Waals surface area contributed by atoms with Crippen LogP contribution in [-0.4, -0.2) is 52.0 Å². The quantitative estimate of drug-likeness (QED) is 0.349. The Bertz CT molecular complexity index is 163. The monoisotopic (exact) mass is 297 g/mol. The highest BCUT2D eigenvalue weighted by Crippen LogP contribution is 2.10. The molecule has 0 atom stereocenters. The number of hydrogen-bond donors (Lipinski definition) is 0. The Morgan fingerprint density at radius 2 is 0.850 bits per heavy atom. The molecule has 0 saturated heterocycles. The van der Waals surface area contributed by atoms with E-state index in [1.165, 1.54) is 77.5 Å². The zero-order chi connectivity index (χ0) is 15.2. The minimum absolute atomic E-state index is 0.422. The lowest BCUT2D eigenvalue weighted by Gasteiger charge is -2.38. The maximum absolute atomic E-state index is 4.04. The van der Waals surface area contributed by atoms with Gasteiger partial charge in [-0.15, -0.1) is 0 Å². The standard InChI is InChI=1S/C17H37N2Si/c1-5-9-13-18(14-10-6-2)17(20)19(15-11-7-3)16-12-8-4/h17H,5-16H2,1-4H3. The first-order valence-corrected chi connectivity index (χ1v) is 9.48. The van der Waals surface area contributed by atoms with Crippen molar-refractivity contribution in [1.82, 2.24) is 9.80 Å². The van der Waals surface area contributed by atoms with Gasteiger partial charge in [-0.2, -0.15) is 0 Å². The van der Waals surface area contributed by atoms with E-state index >= 15 is 0 Å². The van der Waals surface area contributed by atoms with Gasteiger partial charge in [0.25, 0.3) is 0 Å². The molecule has 0 rings (SSSR count). The minimum atomic E-state index is 0.422. The molecule has 0 saturated carbocycles. The molecule has 0 amide bonds. The normalized spacial score (nSPS) is 12.0. The van der Waals surface area contributed by atoms with Crippen LogP contribution in [0, 0.1) is 0 Å². The highest BCUT2D eigenvalue weighted by molar-refractivity contribution is 6.11. The summed E-state index contributed by atoms with van der Waals surface area (Å²) in [5, 5.41) is 0. The highest BCUT2D eigenvalue weighted by atomic mass is 28.1. The molecule has 0 aliphatic rings. The van der Waals surface area contributed by atoms with Crippen molar-refractivity contribution in [1.29, 1.82) is 0 Å². The fourth-order valence-corrected chi connectivity index (χ4v) is 2.90. The van der Waals surface area contributed by atoms with E-state index in [4.69, 9.17) is 0 Å². The molecule has 0 aromatic heterocycles. The van der Waals surface area contributed by atoms with Crippen LogP contribution in [0.4, 0.5) is 0 Å². The van der Waals surface area contributed by atoms with Gasteiger partial charge in [0.05, 0.1) is 10.2 Å². The van der Waals surface area contributed by atoms with Crippen molar-refractivity contribution in [3.8, 4) is 0 Å². The molecule has 0 aliphatic heterocycles. The van der Waals surface area contributed by atoms with E-state index in [9.17, 15) is 0 Å². The van der Waals surface area contributed by atoms with Gasteiger partial charge in [0.2, 0.25) is 0 Å². The van der Waals surface area contributed by atoms with Gasteiger partial charge in [-0.3, -0.25) is 9.80 Å². The maximum Gasteiger partial charge on any atom is 0.0702 e. The summed E-state index contributed by atoms with van der Waals surface area (Å²) in [4.78, 5) is 5.27. The van der Waals surface area contributed by atoms with E-state index in [0.29, 0.717) is 5.79 Å². The fourth-order valence-electron chi connectivity index (χ4n) is 2.39. The molecular weight excluding hydrogens is 260 g/mol. The van der Waals surface area contributed by atoms with Crippen LogP contribution >= 0.6 is 0 Å². The first-order valence-electron chi connectivity index (χ1n) is 8.90. The van der Waals surface area contributed by atoms with Crippen molar-refractivity contribution in [3.05, 3.63) is 0 Å². The van der Waals surface area contributed by atoms with Crippen molar-refractivity contribution in [3.63, 3.8) is 0 Å². The van der Waals surface area contributed by atoms with Crippen LogP contribution in [0.3, 0.4) is 0 Å². The van der Waals surface area contributed by atoms with E-state index in [2.05, 4.69) is 47.7 Å². The number of nitrogens with zero attached hydrogens (tertiary/aromatic N) is 2. The molecule has 20 heavy (non-hydrogen) atoms. The molecule has 0 aliphatic carbocycles. The second-order valence-electron chi connectivity index (χ2n) is 5.86. The summed E-state index contributed by atoms with van der Waals surface area (Å²) in [5.41, 5.74) is 0. The van der Waals surface area contributed by atoms with Crippen LogP contribution in [0.15, 0.2) is 0 Å². The molecule has 0 heterocycles. The van der Waals surface area contributed by atoms with E-state index in [1.54, 1.807) is 0 Å². The molecule has 119 valence electrons. The first kappa shape index (κ1) is 20.1. The maximum atomic E-state index is 4.04. The summed E-state index contributed by atoms with van der Waals surface area (Å²) < 4.78 is 0. The van der Waals surface area contributed by atoms with Gasteiger partial charge < -0.3 is 0 Å². The minimum Gasteiger partial charge on any atom is -0.292 e. The Labute approximate surface area is 131 Å². The number of hydrogen-bond acceptors (Lipinski definition) is 2. The molecule has 3 heteroatoms. The van der Waals surface area contributed by atoms with E-state index in [0.717, 1.165) is 0 Å². The van der Waals surface area contributed by atoms with Gasteiger partial charge in [-0.1, -0.05) is 53.4 Å². The topological polar surface area (TPSA) is 6.48 Å². The van der Waals surface area contributed by atoms with Crippen molar-refractivity contribution in [2.45, 2.75) is 84.9 Å². The molecule has 0 aromatic rings. The SMILES string of the molecule is CCCCN(CCCC)C([Si])N(CCCC)CCCC. The van der Waals surface area contributed by atoms with Crippen molar-refractivity contribution < 1.29 is 0 Å². The second-order valence-corrected chi connectivity index (χ2v) is 6.38. The Morgan fingerprint density at radius 1 is 0.600 bits per heavy atom. The summed E-state index contributed by atoms with van der Waals surface area (Å²) >= 11 is 0. The number of unbranched alkanes of at least 4 members (excludes halogenated alkanes) is 4. The smallest absolute Gasteiger partial charge is 0.0702 e. The van der Waals surface area contributed by atoms with E-state index in [-0.39, 0.29) is 0 Å². The second kappa shape index (κ2) is 14.1. The molecule has 2 nitrogen and oxygen atoms in total. The summed E-state index contributed by atoms with van der Waals surface area (Å²) in [5.74, 6) is 0.422. The summed E-state index contributed by atoms with van der Waals surface area (Å²) in [6, 6.07) is 0. The summed E-state index contributed by atoms with van der Waals surface area (Å²) in [6.07, 6.45) is 10.4. The van der Waals surface area contributed by atoms with Gasteiger partial charge in [0.1, 0.15) is 0 Å². The van der Waals surface area contributed by atoms with Crippen LogP contribution in [0.2, 0.25) is 0 Å². The summed E-state index contributed by atoms with van der Waals surface area (Å²) in [7, 11) is 4.04. The van der Waals surface area contributed by atoms with Gasteiger partial charge in [-0.05, 0) is 51.9 Å². The van der Waals surface area contributed by atoms with Gasteiger partial charge in [0.15, 0.2) is 0 Å². The Kier molecular flexibility index (Phi) is 14.2. The Hall–Kier alpha value is 0.137. The van der Waals surface area contributed by atoms with Crippen molar-refractivity contribution in [2.75, 3.05) is 26.2 Å². The zero-order valence-corrected chi connectivity index (χ0v) is 15.5. The average Bonchev–Trinajstić information content (AvgIpc) is 2.47. The van der Waals surface area contributed by atoms with Crippen LogP contribution in [0.1, 0.15) is 79.1 Å². The predicted molar refractivity (Wildman–Crippen MR) is 92.3 cm³/mol.